The summed E-state index contributed by atoms with van der Waals surface area (Å²) in [5.74, 6) is 1.00. The second-order valence-corrected chi connectivity index (χ2v) is 8.44. The Morgan fingerprint density at radius 1 is 1.24 bits per heavy atom. The molecule has 0 spiro atoms. The van der Waals surface area contributed by atoms with Gasteiger partial charge in [-0.05, 0) is 49.6 Å². The van der Waals surface area contributed by atoms with Gasteiger partial charge in [0, 0.05) is 37.7 Å². The lowest BCUT2D eigenvalue weighted by Gasteiger charge is -2.27. The van der Waals surface area contributed by atoms with Gasteiger partial charge in [0.25, 0.3) is 5.91 Å². The molecular formula is C27H34N2O5. The van der Waals surface area contributed by atoms with Gasteiger partial charge in [0.2, 0.25) is 5.91 Å². The summed E-state index contributed by atoms with van der Waals surface area (Å²) in [4.78, 5) is 27.6. The van der Waals surface area contributed by atoms with Crippen LogP contribution in [-0.4, -0.2) is 55.7 Å². The fourth-order valence-electron chi connectivity index (χ4n) is 3.93. The molecule has 0 saturated carbocycles. The molecule has 34 heavy (non-hydrogen) atoms. The minimum absolute atomic E-state index is 0.0234. The number of hydrogen-bond donors (Lipinski definition) is 1. The first kappa shape index (κ1) is 25.3. The molecule has 1 aliphatic rings. The highest BCUT2D eigenvalue weighted by Gasteiger charge is 2.25. The van der Waals surface area contributed by atoms with Gasteiger partial charge >= 0.3 is 0 Å². The van der Waals surface area contributed by atoms with E-state index in [4.69, 9.17) is 14.2 Å². The summed E-state index contributed by atoms with van der Waals surface area (Å²) in [5.41, 5.74) is 1.50. The van der Waals surface area contributed by atoms with Crippen molar-refractivity contribution < 1.29 is 23.8 Å². The van der Waals surface area contributed by atoms with Crippen molar-refractivity contribution in [3.63, 3.8) is 0 Å². The van der Waals surface area contributed by atoms with Crippen molar-refractivity contribution >= 4 is 11.8 Å². The van der Waals surface area contributed by atoms with Crippen molar-refractivity contribution in [1.29, 1.82) is 0 Å². The van der Waals surface area contributed by atoms with Crippen molar-refractivity contribution in [2.75, 3.05) is 26.9 Å². The highest BCUT2D eigenvalue weighted by molar-refractivity contribution is 5.94. The maximum absolute atomic E-state index is 13.3. The first-order chi connectivity index (χ1) is 16.5. The van der Waals surface area contributed by atoms with Gasteiger partial charge in [-0.3, -0.25) is 9.59 Å². The average Bonchev–Trinajstić information content (AvgIpc) is 3.36. The summed E-state index contributed by atoms with van der Waals surface area (Å²) in [6.45, 7) is 7.54. The molecular weight excluding hydrogens is 432 g/mol. The SMILES string of the molecule is C=CCOc1ccc(CN(CC2CCCO2)C(=O)CC(C)NC(=O)c2ccccc2)cc1OC. The highest BCUT2D eigenvalue weighted by atomic mass is 16.5. The van der Waals surface area contributed by atoms with Crippen molar-refractivity contribution in [3.8, 4) is 11.5 Å². The summed E-state index contributed by atoms with van der Waals surface area (Å²) in [5, 5.41) is 2.92. The number of amides is 2. The molecule has 0 radical (unpaired) electrons. The average molecular weight is 467 g/mol. The molecule has 1 fully saturated rings. The Hall–Kier alpha value is -3.32. The van der Waals surface area contributed by atoms with E-state index in [0.717, 1.165) is 25.0 Å². The maximum atomic E-state index is 13.3. The maximum Gasteiger partial charge on any atom is 0.251 e. The minimum Gasteiger partial charge on any atom is -0.493 e. The third kappa shape index (κ3) is 7.35. The van der Waals surface area contributed by atoms with E-state index in [2.05, 4.69) is 11.9 Å². The van der Waals surface area contributed by atoms with Crippen LogP contribution in [0.3, 0.4) is 0 Å². The van der Waals surface area contributed by atoms with Crippen LogP contribution in [0, 0.1) is 0 Å². The van der Waals surface area contributed by atoms with E-state index >= 15 is 0 Å². The van der Waals surface area contributed by atoms with Crippen LogP contribution in [0.2, 0.25) is 0 Å². The first-order valence-electron chi connectivity index (χ1n) is 11.7. The second-order valence-electron chi connectivity index (χ2n) is 8.44. The van der Waals surface area contributed by atoms with Crippen molar-refractivity contribution in [2.45, 2.75) is 44.9 Å². The van der Waals surface area contributed by atoms with Crippen molar-refractivity contribution in [1.82, 2.24) is 10.2 Å². The molecule has 2 aromatic carbocycles. The number of hydrogen-bond acceptors (Lipinski definition) is 5. The van der Waals surface area contributed by atoms with Crippen LogP contribution in [0.4, 0.5) is 0 Å². The Morgan fingerprint density at radius 2 is 2.03 bits per heavy atom. The third-order valence-electron chi connectivity index (χ3n) is 5.65. The van der Waals surface area contributed by atoms with Crippen molar-refractivity contribution in [2.24, 2.45) is 0 Å². The smallest absolute Gasteiger partial charge is 0.251 e. The fraction of sp³-hybridized carbons (Fsp3) is 0.407. The molecule has 1 N–H and O–H groups in total. The molecule has 2 amide bonds. The predicted octanol–water partition coefficient (Wildman–Crippen LogP) is 3.98. The number of ether oxygens (including phenoxy) is 3. The number of rotatable bonds is 12. The molecule has 0 aliphatic carbocycles. The Balaban J connectivity index is 1.67. The molecule has 7 heteroatoms. The molecule has 0 aromatic heterocycles. The quantitative estimate of drug-likeness (QED) is 0.479. The molecule has 1 saturated heterocycles. The molecule has 2 unspecified atom stereocenters. The summed E-state index contributed by atoms with van der Waals surface area (Å²) in [6.07, 6.45) is 3.83. The van der Waals surface area contributed by atoms with Crippen LogP contribution in [-0.2, 0) is 16.1 Å². The van der Waals surface area contributed by atoms with Gasteiger partial charge in [0.1, 0.15) is 6.61 Å². The van der Waals surface area contributed by atoms with Crippen LogP contribution in [0.25, 0.3) is 0 Å². The van der Waals surface area contributed by atoms with E-state index in [1.165, 1.54) is 0 Å². The van der Waals surface area contributed by atoms with E-state index in [9.17, 15) is 9.59 Å². The lowest BCUT2D eigenvalue weighted by atomic mass is 10.1. The highest BCUT2D eigenvalue weighted by Crippen LogP contribution is 2.29. The number of carbonyl (C=O) groups excluding carboxylic acids is 2. The monoisotopic (exact) mass is 466 g/mol. The number of methoxy groups -OCH3 is 1. The normalized spacial score (nSPS) is 15.9. The van der Waals surface area contributed by atoms with Crippen molar-refractivity contribution in [3.05, 3.63) is 72.3 Å². The van der Waals surface area contributed by atoms with Gasteiger partial charge in [0.05, 0.1) is 13.2 Å². The fourth-order valence-corrected chi connectivity index (χ4v) is 3.93. The molecule has 1 heterocycles. The second kappa shape index (κ2) is 12.8. The first-order valence-corrected chi connectivity index (χ1v) is 11.7. The van der Waals surface area contributed by atoms with E-state index in [0.29, 0.717) is 36.8 Å². The van der Waals surface area contributed by atoms with Gasteiger partial charge in [-0.1, -0.05) is 36.9 Å². The largest absolute Gasteiger partial charge is 0.493 e. The van der Waals surface area contributed by atoms with E-state index in [-0.39, 0.29) is 30.4 Å². The number of benzene rings is 2. The van der Waals surface area contributed by atoms with Crippen LogP contribution >= 0.6 is 0 Å². The van der Waals surface area contributed by atoms with E-state index < -0.39 is 0 Å². The number of nitrogens with zero attached hydrogens (tertiary/aromatic N) is 1. The predicted molar refractivity (Wildman–Crippen MR) is 131 cm³/mol. The zero-order valence-electron chi connectivity index (χ0n) is 20.0. The molecule has 2 aromatic rings. The third-order valence-corrected chi connectivity index (χ3v) is 5.65. The lowest BCUT2D eigenvalue weighted by molar-refractivity contribution is -0.133. The van der Waals surface area contributed by atoms with Crippen LogP contribution in [0.5, 0.6) is 11.5 Å². The summed E-state index contributed by atoms with van der Waals surface area (Å²) in [6, 6.07) is 14.3. The van der Waals surface area contributed by atoms with Gasteiger partial charge in [-0.25, -0.2) is 0 Å². The molecule has 3 rings (SSSR count). The Kier molecular flexibility index (Phi) is 9.52. The van der Waals surface area contributed by atoms with Gasteiger partial charge in [0.15, 0.2) is 11.5 Å². The Bertz CT molecular complexity index is 957. The number of carbonyl (C=O) groups is 2. The minimum atomic E-state index is -0.309. The molecule has 7 nitrogen and oxygen atoms in total. The lowest BCUT2D eigenvalue weighted by Crippen LogP contribution is -2.41. The van der Waals surface area contributed by atoms with Crippen LogP contribution < -0.4 is 14.8 Å². The summed E-state index contributed by atoms with van der Waals surface area (Å²) in [7, 11) is 1.59. The van der Waals surface area contributed by atoms with Gasteiger partial charge < -0.3 is 24.4 Å². The molecule has 182 valence electrons. The Morgan fingerprint density at radius 3 is 2.71 bits per heavy atom. The summed E-state index contributed by atoms with van der Waals surface area (Å²) >= 11 is 0. The standard InChI is InChI=1S/C27H34N2O5/c1-4-14-34-24-13-12-21(17-25(24)32-3)18-29(19-23-11-8-15-33-23)26(30)16-20(2)28-27(31)22-9-6-5-7-10-22/h4-7,9-10,12-13,17,20,23H,1,8,11,14-16,18-19H2,2-3H3,(H,28,31). The number of nitrogens with one attached hydrogen (secondary N) is 1. The van der Waals surface area contributed by atoms with Crippen LogP contribution in [0.1, 0.15) is 42.1 Å². The van der Waals surface area contributed by atoms with E-state index in [1.807, 2.05) is 43.3 Å². The van der Waals surface area contributed by atoms with Gasteiger partial charge in [-0.15, -0.1) is 0 Å². The van der Waals surface area contributed by atoms with Crippen LogP contribution in [0.15, 0.2) is 61.2 Å². The molecule has 2 atom stereocenters. The molecule has 1 aliphatic heterocycles. The summed E-state index contributed by atoms with van der Waals surface area (Å²) < 4.78 is 16.9. The Labute approximate surface area is 201 Å². The zero-order valence-corrected chi connectivity index (χ0v) is 20.0. The van der Waals surface area contributed by atoms with E-state index in [1.54, 1.807) is 30.2 Å². The topological polar surface area (TPSA) is 77.1 Å². The molecule has 0 bridgehead atoms. The van der Waals surface area contributed by atoms with Gasteiger partial charge in [-0.2, -0.15) is 0 Å². The zero-order chi connectivity index (χ0) is 24.3.